The predicted octanol–water partition coefficient (Wildman–Crippen LogP) is 2.29. The first-order valence-electron chi connectivity index (χ1n) is 8.75. The van der Waals surface area contributed by atoms with E-state index in [2.05, 4.69) is 25.4 Å². The van der Waals surface area contributed by atoms with E-state index in [-0.39, 0.29) is 23.2 Å². The van der Waals surface area contributed by atoms with E-state index in [1.54, 1.807) is 36.6 Å². The summed E-state index contributed by atoms with van der Waals surface area (Å²) in [6.45, 7) is 2.08. The maximum absolute atomic E-state index is 12.9. The van der Waals surface area contributed by atoms with Gasteiger partial charge >= 0.3 is 0 Å². The summed E-state index contributed by atoms with van der Waals surface area (Å²) in [4.78, 5) is 38.8. The first-order valence-corrected chi connectivity index (χ1v) is 9.63. The summed E-state index contributed by atoms with van der Waals surface area (Å²) in [5.41, 5.74) is 0.230. The molecule has 4 aromatic heterocycles. The van der Waals surface area contributed by atoms with E-state index < -0.39 is 11.6 Å². The Morgan fingerprint density at radius 2 is 2.21 bits per heavy atom. The van der Waals surface area contributed by atoms with Gasteiger partial charge in [-0.05, 0) is 30.5 Å². The van der Waals surface area contributed by atoms with Crippen molar-refractivity contribution in [2.45, 2.75) is 19.5 Å². The van der Waals surface area contributed by atoms with E-state index in [0.717, 1.165) is 4.88 Å². The third-order valence-corrected chi connectivity index (χ3v) is 5.11. The predicted molar refractivity (Wildman–Crippen MR) is 106 cm³/mol. The molecule has 9 nitrogen and oxygen atoms in total. The molecule has 0 aromatic carbocycles. The van der Waals surface area contributed by atoms with Crippen LogP contribution >= 0.6 is 11.3 Å². The zero-order valence-corrected chi connectivity index (χ0v) is 16.2. The van der Waals surface area contributed by atoms with Crippen LogP contribution < -0.4 is 10.9 Å². The number of pyridine rings is 1. The Morgan fingerprint density at radius 3 is 2.97 bits per heavy atom. The van der Waals surface area contributed by atoms with Gasteiger partial charge in [0.25, 0.3) is 11.4 Å². The van der Waals surface area contributed by atoms with Gasteiger partial charge in [-0.1, -0.05) is 11.2 Å². The van der Waals surface area contributed by atoms with Gasteiger partial charge in [-0.25, -0.2) is 4.98 Å². The van der Waals surface area contributed by atoms with Crippen LogP contribution in [0.25, 0.3) is 23.0 Å². The molecule has 0 aliphatic carbocycles. The van der Waals surface area contributed by atoms with Crippen LogP contribution in [0.2, 0.25) is 0 Å². The number of nitrogens with one attached hydrogen (secondary N) is 1. The number of amides is 1. The SMILES string of the molecule is CC(C(=O)NCc1cccs1)n1cccc(-c2nc(-c3cnccn3)no2)c1=O. The molecule has 0 bridgehead atoms. The summed E-state index contributed by atoms with van der Waals surface area (Å²) in [7, 11) is 0. The maximum atomic E-state index is 12.9. The average molecular weight is 408 g/mol. The summed E-state index contributed by atoms with van der Waals surface area (Å²) < 4.78 is 6.57. The molecular weight excluding hydrogens is 392 g/mol. The van der Waals surface area contributed by atoms with E-state index in [0.29, 0.717) is 12.2 Å². The minimum atomic E-state index is -0.704. The summed E-state index contributed by atoms with van der Waals surface area (Å²) in [5.74, 6) is 0.0178. The molecule has 1 N–H and O–H groups in total. The number of carbonyl (C=O) groups is 1. The highest BCUT2D eigenvalue weighted by Crippen LogP contribution is 2.18. The summed E-state index contributed by atoms with van der Waals surface area (Å²) >= 11 is 1.56. The van der Waals surface area contributed by atoms with Gasteiger partial charge in [0.05, 0.1) is 12.7 Å². The highest BCUT2D eigenvalue weighted by molar-refractivity contribution is 7.09. The van der Waals surface area contributed by atoms with Gasteiger partial charge in [0.2, 0.25) is 11.7 Å². The normalized spacial score (nSPS) is 11.9. The van der Waals surface area contributed by atoms with Crippen LogP contribution in [0.5, 0.6) is 0 Å². The van der Waals surface area contributed by atoms with E-state index in [9.17, 15) is 9.59 Å². The van der Waals surface area contributed by atoms with Crippen LogP contribution in [-0.2, 0) is 11.3 Å². The number of aromatic nitrogens is 5. The summed E-state index contributed by atoms with van der Waals surface area (Å²) in [5, 5.41) is 8.64. The molecule has 29 heavy (non-hydrogen) atoms. The van der Waals surface area contributed by atoms with E-state index in [1.165, 1.54) is 23.2 Å². The second kappa shape index (κ2) is 8.15. The fourth-order valence-electron chi connectivity index (χ4n) is 2.69. The molecule has 1 amide bonds. The summed E-state index contributed by atoms with van der Waals surface area (Å²) in [6, 6.07) is 6.38. The minimum Gasteiger partial charge on any atom is -0.349 e. The Hall–Kier alpha value is -3.66. The van der Waals surface area contributed by atoms with E-state index in [1.807, 2.05) is 17.5 Å². The lowest BCUT2D eigenvalue weighted by Gasteiger charge is -2.15. The molecule has 0 aliphatic rings. The molecule has 0 saturated heterocycles. The topological polar surface area (TPSA) is 116 Å². The lowest BCUT2D eigenvalue weighted by atomic mass is 10.2. The fourth-order valence-corrected chi connectivity index (χ4v) is 3.34. The number of hydrogen-bond acceptors (Lipinski definition) is 8. The Morgan fingerprint density at radius 1 is 1.31 bits per heavy atom. The molecule has 0 saturated carbocycles. The molecular formula is C19H16N6O3S. The number of carbonyl (C=O) groups excluding carboxylic acids is 1. The van der Waals surface area contributed by atoms with Crippen LogP contribution in [0, 0.1) is 0 Å². The number of hydrogen-bond donors (Lipinski definition) is 1. The van der Waals surface area contributed by atoms with Crippen molar-refractivity contribution in [3.8, 4) is 23.0 Å². The third-order valence-electron chi connectivity index (χ3n) is 4.24. The molecule has 4 rings (SSSR count). The monoisotopic (exact) mass is 408 g/mol. The van der Waals surface area contributed by atoms with E-state index in [4.69, 9.17) is 4.52 Å². The largest absolute Gasteiger partial charge is 0.349 e. The van der Waals surface area contributed by atoms with Crippen molar-refractivity contribution in [3.05, 3.63) is 69.7 Å². The highest BCUT2D eigenvalue weighted by Gasteiger charge is 2.20. The smallest absolute Gasteiger partial charge is 0.264 e. The van der Waals surface area contributed by atoms with Gasteiger partial charge in [0, 0.05) is 23.5 Å². The number of thiophene rings is 1. The second-order valence-electron chi connectivity index (χ2n) is 6.12. The molecule has 0 fully saturated rings. The molecule has 0 radical (unpaired) electrons. The molecule has 0 aliphatic heterocycles. The summed E-state index contributed by atoms with van der Waals surface area (Å²) in [6.07, 6.45) is 6.10. The fraction of sp³-hybridized carbons (Fsp3) is 0.158. The Kier molecular flexibility index (Phi) is 5.25. The minimum absolute atomic E-state index is 0.0520. The van der Waals surface area contributed by atoms with Crippen LogP contribution in [0.3, 0.4) is 0 Å². The zero-order chi connectivity index (χ0) is 20.2. The van der Waals surface area contributed by atoms with Crippen molar-refractivity contribution in [1.82, 2.24) is 30.0 Å². The van der Waals surface area contributed by atoms with Gasteiger partial charge in [-0.3, -0.25) is 14.6 Å². The van der Waals surface area contributed by atoms with Crippen LogP contribution in [0.1, 0.15) is 17.8 Å². The van der Waals surface area contributed by atoms with Crippen molar-refractivity contribution in [1.29, 1.82) is 0 Å². The first kappa shape index (κ1) is 18.7. The number of rotatable bonds is 6. The third kappa shape index (κ3) is 3.97. The van der Waals surface area contributed by atoms with Crippen molar-refractivity contribution in [3.63, 3.8) is 0 Å². The van der Waals surface area contributed by atoms with Gasteiger partial charge in [0.15, 0.2) is 0 Å². The average Bonchev–Trinajstić information content (AvgIpc) is 3.44. The lowest BCUT2D eigenvalue weighted by molar-refractivity contribution is -0.124. The Balaban J connectivity index is 1.56. The van der Waals surface area contributed by atoms with Crippen LogP contribution in [0.15, 0.2) is 63.8 Å². The van der Waals surface area contributed by atoms with Crippen molar-refractivity contribution in [2.24, 2.45) is 0 Å². The quantitative estimate of drug-likeness (QED) is 0.520. The van der Waals surface area contributed by atoms with Crippen LogP contribution in [0.4, 0.5) is 0 Å². The van der Waals surface area contributed by atoms with Crippen molar-refractivity contribution < 1.29 is 9.32 Å². The second-order valence-corrected chi connectivity index (χ2v) is 7.15. The molecule has 146 valence electrons. The first-order chi connectivity index (χ1) is 14.1. The van der Waals surface area contributed by atoms with Crippen LogP contribution in [-0.4, -0.2) is 30.6 Å². The van der Waals surface area contributed by atoms with Crippen molar-refractivity contribution in [2.75, 3.05) is 0 Å². The molecule has 4 heterocycles. The van der Waals surface area contributed by atoms with Gasteiger partial charge in [-0.15, -0.1) is 11.3 Å². The lowest BCUT2D eigenvalue weighted by Crippen LogP contribution is -2.35. The standard InChI is InChI=1S/C19H16N6O3S/c1-12(17(26)22-10-13-4-3-9-29-13)25-8-2-5-14(19(25)27)18-23-16(24-28-18)15-11-20-6-7-21-15/h2-9,11-12H,10H2,1H3,(H,22,26). The molecule has 1 atom stereocenters. The molecule has 1 unspecified atom stereocenters. The van der Waals surface area contributed by atoms with Gasteiger partial charge in [0.1, 0.15) is 17.3 Å². The maximum Gasteiger partial charge on any atom is 0.264 e. The van der Waals surface area contributed by atoms with Crippen molar-refractivity contribution >= 4 is 17.2 Å². The highest BCUT2D eigenvalue weighted by atomic mass is 32.1. The molecule has 0 spiro atoms. The van der Waals surface area contributed by atoms with Gasteiger partial charge < -0.3 is 14.4 Å². The molecule has 10 heteroatoms. The zero-order valence-electron chi connectivity index (χ0n) is 15.3. The number of nitrogens with zero attached hydrogens (tertiary/aromatic N) is 5. The molecule has 4 aromatic rings. The Labute approximate surface area is 169 Å². The van der Waals surface area contributed by atoms with Gasteiger partial charge in [-0.2, -0.15) is 4.98 Å². The van der Waals surface area contributed by atoms with E-state index >= 15 is 0 Å². The Bertz CT molecular complexity index is 1170.